The first-order chi connectivity index (χ1) is 16.5. The highest BCUT2D eigenvalue weighted by molar-refractivity contribution is 8.26. The van der Waals surface area contributed by atoms with Gasteiger partial charge < -0.3 is 14.8 Å². The van der Waals surface area contributed by atoms with Gasteiger partial charge in [0.15, 0.2) is 0 Å². The Hall–Kier alpha value is -3.21. The number of amides is 1. The second-order valence-corrected chi connectivity index (χ2v) is 9.13. The maximum atomic E-state index is 13.2. The third kappa shape index (κ3) is 5.14. The summed E-state index contributed by atoms with van der Waals surface area (Å²) in [5, 5.41) is 3.14. The Morgan fingerprint density at radius 3 is 2.68 bits per heavy atom. The van der Waals surface area contributed by atoms with Crippen LogP contribution in [0.15, 0.2) is 58.4 Å². The number of benzene rings is 1. The molecule has 4 rings (SSSR count). The molecule has 0 atom stereocenters. The molecule has 0 aliphatic carbocycles. The number of anilines is 1. The number of nitrogens with zero attached hydrogens (tertiary/aromatic N) is 3. The highest BCUT2D eigenvalue weighted by Crippen LogP contribution is 2.33. The normalized spacial score (nSPS) is 14.9. The number of hydrogen-bond donors (Lipinski definition) is 1. The zero-order valence-electron chi connectivity index (χ0n) is 18.8. The highest BCUT2D eigenvalue weighted by Gasteiger charge is 2.32. The quantitative estimate of drug-likeness (QED) is 0.275. The van der Waals surface area contributed by atoms with Gasteiger partial charge in [-0.2, -0.15) is 0 Å². The van der Waals surface area contributed by atoms with E-state index in [0.29, 0.717) is 52.4 Å². The summed E-state index contributed by atoms with van der Waals surface area (Å²) in [5.41, 5.74) is 1.61. The lowest BCUT2D eigenvalue weighted by atomic mass is 10.1. The van der Waals surface area contributed by atoms with Crippen molar-refractivity contribution >= 4 is 51.7 Å². The maximum absolute atomic E-state index is 13.2. The van der Waals surface area contributed by atoms with Crippen LogP contribution in [0.4, 0.5) is 5.82 Å². The van der Waals surface area contributed by atoms with Crippen molar-refractivity contribution in [2.24, 2.45) is 0 Å². The first kappa shape index (κ1) is 23.9. The molecule has 1 saturated heterocycles. The first-order valence-corrected chi connectivity index (χ1v) is 11.9. The average molecular weight is 497 g/mol. The summed E-state index contributed by atoms with van der Waals surface area (Å²) in [7, 11) is 3.22. The van der Waals surface area contributed by atoms with Gasteiger partial charge >= 0.3 is 0 Å². The molecule has 1 amide bonds. The minimum Gasteiger partial charge on any atom is -0.497 e. The molecule has 0 radical (unpaired) electrons. The van der Waals surface area contributed by atoms with Crippen LogP contribution in [-0.4, -0.2) is 58.4 Å². The van der Waals surface area contributed by atoms with Crippen molar-refractivity contribution in [3.05, 3.63) is 75.0 Å². The summed E-state index contributed by atoms with van der Waals surface area (Å²) in [6.07, 6.45) is 3.88. The van der Waals surface area contributed by atoms with Crippen molar-refractivity contribution in [1.29, 1.82) is 0 Å². The fraction of sp³-hybridized carbons (Fsp3) is 0.250. The van der Waals surface area contributed by atoms with E-state index in [1.165, 1.54) is 16.2 Å². The number of hydrogen-bond acceptors (Lipinski definition) is 8. The lowest BCUT2D eigenvalue weighted by molar-refractivity contribution is -0.122. The van der Waals surface area contributed by atoms with Gasteiger partial charge in [0.05, 0.1) is 24.2 Å². The van der Waals surface area contributed by atoms with Gasteiger partial charge in [0.1, 0.15) is 21.5 Å². The lowest BCUT2D eigenvalue weighted by Gasteiger charge is -2.14. The maximum Gasteiger partial charge on any atom is 0.267 e. The van der Waals surface area contributed by atoms with Crippen molar-refractivity contribution in [3.63, 3.8) is 0 Å². The van der Waals surface area contributed by atoms with Crippen LogP contribution in [0.25, 0.3) is 11.7 Å². The molecule has 176 valence electrons. The predicted octanol–water partition coefficient (Wildman–Crippen LogP) is 3.21. The highest BCUT2D eigenvalue weighted by atomic mass is 32.2. The third-order valence-corrected chi connectivity index (χ3v) is 6.68. The molecule has 1 aliphatic rings. The molecule has 10 heteroatoms. The summed E-state index contributed by atoms with van der Waals surface area (Å²) < 4.78 is 12.2. The average Bonchev–Trinajstić information content (AvgIpc) is 3.12. The number of fused-ring (bicyclic) bond motifs is 1. The topological polar surface area (TPSA) is 85.2 Å². The fourth-order valence-electron chi connectivity index (χ4n) is 3.50. The molecule has 34 heavy (non-hydrogen) atoms. The monoisotopic (exact) mass is 496 g/mol. The van der Waals surface area contributed by atoms with Crippen LogP contribution in [0.5, 0.6) is 5.75 Å². The molecule has 2 aromatic heterocycles. The van der Waals surface area contributed by atoms with E-state index >= 15 is 0 Å². The standard InChI is InChI=1S/C24H24N4O4S2/c1-31-14-11-25-21-18(22(29)27-12-4-3-5-20(27)26-21)15-19-23(30)28(24(33)34-19)13-10-16-6-8-17(32-2)9-7-16/h3-9,12,15,25H,10-11,13-14H2,1-2H3/b19-15+. The van der Waals surface area contributed by atoms with Crippen LogP contribution in [0.2, 0.25) is 0 Å². The Labute approximate surface area is 206 Å². The molecule has 8 nitrogen and oxygen atoms in total. The van der Waals surface area contributed by atoms with Gasteiger partial charge in [-0.15, -0.1) is 0 Å². The molecule has 0 unspecified atom stereocenters. The van der Waals surface area contributed by atoms with Gasteiger partial charge in [-0.3, -0.25) is 18.9 Å². The van der Waals surface area contributed by atoms with E-state index < -0.39 is 0 Å². The molecule has 0 saturated carbocycles. The van der Waals surface area contributed by atoms with E-state index in [4.69, 9.17) is 21.7 Å². The SMILES string of the molecule is COCCNc1nc2ccccn2c(=O)c1/C=C1/SC(=S)N(CCc2ccc(OC)cc2)C1=O. The van der Waals surface area contributed by atoms with Crippen molar-refractivity contribution in [2.75, 3.05) is 39.2 Å². The summed E-state index contributed by atoms with van der Waals surface area (Å²) in [4.78, 5) is 32.9. The summed E-state index contributed by atoms with van der Waals surface area (Å²) in [5.74, 6) is 0.961. The molecule has 0 bridgehead atoms. The van der Waals surface area contributed by atoms with Crippen molar-refractivity contribution in [1.82, 2.24) is 14.3 Å². The number of rotatable bonds is 9. The molecule has 3 aromatic rings. The molecule has 1 aromatic carbocycles. The predicted molar refractivity (Wildman–Crippen MR) is 138 cm³/mol. The van der Waals surface area contributed by atoms with E-state index in [1.807, 2.05) is 30.3 Å². The van der Waals surface area contributed by atoms with Crippen LogP contribution < -0.4 is 15.6 Å². The number of nitrogens with one attached hydrogen (secondary N) is 1. The Morgan fingerprint density at radius 1 is 1.15 bits per heavy atom. The number of carbonyl (C=O) groups excluding carboxylic acids is 1. The molecule has 1 aliphatic heterocycles. The Balaban J connectivity index is 1.60. The van der Waals surface area contributed by atoms with Gasteiger partial charge in [0, 0.05) is 26.4 Å². The van der Waals surface area contributed by atoms with Gasteiger partial charge in [-0.1, -0.05) is 42.2 Å². The van der Waals surface area contributed by atoms with Gasteiger partial charge in [-0.25, -0.2) is 4.98 Å². The lowest BCUT2D eigenvalue weighted by Crippen LogP contribution is -2.30. The molecule has 1 fully saturated rings. The minimum atomic E-state index is -0.269. The minimum absolute atomic E-state index is 0.219. The largest absolute Gasteiger partial charge is 0.497 e. The molecular weight excluding hydrogens is 472 g/mol. The van der Waals surface area contributed by atoms with E-state index in [0.717, 1.165) is 11.3 Å². The zero-order chi connectivity index (χ0) is 24.1. The Morgan fingerprint density at radius 2 is 1.94 bits per heavy atom. The van der Waals surface area contributed by atoms with E-state index in [1.54, 1.807) is 43.5 Å². The second kappa shape index (κ2) is 10.8. The van der Waals surface area contributed by atoms with Crippen LogP contribution in [0.1, 0.15) is 11.1 Å². The zero-order valence-corrected chi connectivity index (χ0v) is 20.4. The summed E-state index contributed by atoms with van der Waals surface area (Å²) in [6, 6.07) is 13.0. The fourth-order valence-corrected chi connectivity index (χ4v) is 4.79. The number of methoxy groups -OCH3 is 2. The summed E-state index contributed by atoms with van der Waals surface area (Å²) >= 11 is 6.66. The Kier molecular flexibility index (Phi) is 7.61. The number of thioether (sulfide) groups is 1. The van der Waals surface area contributed by atoms with Crippen LogP contribution in [0, 0.1) is 0 Å². The van der Waals surface area contributed by atoms with Crippen LogP contribution in [-0.2, 0) is 16.0 Å². The molecular formula is C24H24N4O4S2. The van der Waals surface area contributed by atoms with E-state index in [2.05, 4.69) is 10.3 Å². The third-order valence-electron chi connectivity index (χ3n) is 5.30. The molecule has 3 heterocycles. The van der Waals surface area contributed by atoms with Crippen molar-refractivity contribution < 1.29 is 14.3 Å². The van der Waals surface area contributed by atoms with Crippen molar-refractivity contribution in [3.8, 4) is 5.75 Å². The van der Waals surface area contributed by atoms with E-state index in [9.17, 15) is 9.59 Å². The van der Waals surface area contributed by atoms with Gasteiger partial charge in [0.25, 0.3) is 11.5 Å². The van der Waals surface area contributed by atoms with Gasteiger partial charge in [-0.05, 0) is 42.3 Å². The Bertz CT molecular complexity index is 1300. The number of ether oxygens (including phenoxy) is 2. The molecule has 1 N–H and O–H groups in total. The number of carbonyl (C=O) groups is 1. The van der Waals surface area contributed by atoms with E-state index in [-0.39, 0.29) is 11.5 Å². The second-order valence-electron chi connectivity index (χ2n) is 7.46. The van der Waals surface area contributed by atoms with Gasteiger partial charge in [0.2, 0.25) is 0 Å². The smallest absolute Gasteiger partial charge is 0.267 e. The van der Waals surface area contributed by atoms with Crippen LogP contribution >= 0.6 is 24.0 Å². The number of thiocarbonyl (C=S) groups is 1. The number of aromatic nitrogens is 2. The van der Waals surface area contributed by atoms with Crippen molar-refractivity contribution in [2.45, 2.75) is 6.42 Å². The number of pyridine rings is 1. The first-order valence-electron chi connectivity index (χ1n) is 10.6. The summed E-state index contributed by atoms with van der Waals surface area (Å²) in [6.45, 7) is 1.36. The molecule has 0 spiro atoms. The van der Waals surface area contributed by atoms with Crippen LogP contribution in [0.3, 0.4) is 0 Å².